The highest BCUT2D eigenvalue weighted by atomic mass is 32.2. The number of hydrogen-bond acceptors (Lipinski definition) is 4. The summed E-state index contributed by atoms with van der Waals surface area (Å²) in [6.07, 6.45) is 2.20. The Morgan fingerprint density at radius 2 is 1.95 bits per heavy atom. The zero-order valence-corrected chi connectivity index (χ0v) is 13.2. The van der Waals surface area contributed by atoms with Gasteiger partial charge in [0.25, 0.3) is 0 Å². The Hall–Kier alpha value is -1.60. The van der Waals surface area contributed by atoms with Gasteiger partial charge in [-0.2, -0.15) is 0 Å². The third-order valence-electron chi connectivity index (χ3n) is 3.26. The quantitative estimate of drug-likeness (QED) is 0.716. The first kappa shape index (κ1) is 17.5. The van der Waals surface area contributed by atoms with Crippen LogP contribution in [0.3, 0.4) is 0 Å². The highest BCUT2D eigenvalue weighted by Crippen LogP contribution is 2.26. The van der Waals surface area contributed by atoms with E-state index in [9.17, 15) is 18.3 Å². The van der Waals surface area contributed by atoms with Gasteiger partial charge < -0.3 is 10.2 Å². The van der Waals surface area contributed by atoms with Gasteiger partial charge in [-0.1, -0.05) is 20.3 Å². The van der Waals surface area contributed by atoms with Gasteiger partial charge in [0.2, 0.25) is 10.0 Å². The van der Waals surface area contributed by atoms with Gasteiger partial charge in [-0.3, -0.25) is 0 Å². The smallest absolute Gasteiger partial charge is 0.339 e. The summed E-state index contributed by atoms with van der Waals surface area (Å²) in [6.45, 7) is 5.36. The standard InChI is InChI=1S/C14H21NO5S/c1-4-6-10(5-2)15-21(19,20)13-8-11(14(17)18)12(16)7-9(13)3/h7-8,10,15-16H,4-6H2,1-3H3,(H,17,18). The van der Waals surface area contributed by atoms with Gasteiger partial charge in [0.15, 0.2) is 0 Å². The van der Waals surface area contributed by atoms with Crippen LogP contribution in [-0.4, -0.2) is 30.6 Å². The molecule has 21 heavy (non-hydrogen) atoms. The van der Waals surface area contributed by atoms with Gasteiger partial charge in [-0.15, -0.1) is 0 Å². The molecule has 0 saturated heterocycles. The summed E-state index contributed by atoms with van der Waals surface area (Å²) in [5.41, 5.74) is -0.124. The van der Waals surface area contributed by atoms with Crippen molar-refractivity contribution in [2.24, 2.45) is 0 Å². The third-order valence-corrected chi connectivity index (χ3v) is 4.93. The maximum Gasteiger partial charge on any atom is 0.339 e. The van der Waals surface area contributed by atoms with Crippen LogP contribution in [0.15, 0.2) is 17.0 Å². The second-order valence-corrected chi connectivity index (χ2v) is 6.64. The van der Waals surface area contributed by atoms with Gasteiger partial charge in [0.1, 0.15) is 11.3 Å². The number of aryl methyl sites for hydroxylation is 1. The number of carboxylic acids is 1. The lowest BCUT2D eigenvalue weighted by atomic mass is 10.1. The average Bonchev–Trinajstić information content (AvgIpc) is 2.37. The molecule has 0 aliphatic carbocycles. The van der Waals surface area contributed by atoms with E-state index in [0.29, 0.717) is 18.4 Å². The summed E-state index contributed by atoms with van der Waals surface area (Å²) in [5.74, 6) is -1.82. The van der Waals surface area contributed by atoms with Crippen LogP contribution in [0, 0.1) is 6.92 Å². The van der Waals surface area contributed by atoms with E-state index < -0.39 is 27.3 Å². The number of rotatable bonds is 7. The van der Waals surface area contributed by atoms with Crippen LogP contribution in [-0.2, 0) is 10.0 Å². The van der Waals surface area contributed by atoms with E-state index in [-0.39, 0.29) is 10.9 Å². The lowest BCUT2D eigenvalue weighted by Crippen LogP contribution is -2.34. The fourth-order valence-electron chi connectivity index (χ4n) is 2.11. The largest absolute Gasteiger partial charge is 0.507 e. The molecule has 118 valence electrons. The normalized spacial score (nSPS) is 13.1. The van der Waals surface area contributed by atoms with E-state index in [0.717, 1.165) is 18.6 Å². The molecule has 0 heterocycles. The second-order valence-electron chi connectivity index (χ2n) is 4.96. The molecule has 3 N–H and O–H groups in total. The first-order valence-electron chi connectivity index (χ1n) is 6.82. The van der Waals surface area contributed by atoms with Crippen molar-refractivity contribution in [2.75, 3.05) is 0 Å². The van der Waals surface area contributed by atoms with Gasteiger partial charge in [0.05, 0.1) is 4.90 Å². The minimum absolute atomic E-state index is 0.118. The molecule has 0 bridgehead atoms. The van der Waals surface area contributed by atoms with Crippen LogP contribution in [0.4, 0.5) is 0 Å². The minimum atomic E-state index is -3.82. The van der Waals surface area contributed by atoms with Crippen LogP contribution >= 0.6 is 0 Å². The van der Waals surface area contributed by atoms with Crippen molar-refractivity contribution in [3.05, 3.63) is 23.3 Å². The first-order valence-corrected chi connectivity index (χ1v) is 8.30. The Morgan fingerprint density at radius 3 is 2.43 bits per heavy atom. The van der Waals surface area contributed by atoms with Crippen molar-refractivity contribution in [3.63, 3.8) is 0 Å². The molecule has 1 rings (SSSR count). The zero-order chi connectivity index (χ0) is 16.2. The van der Waals surface area contributed by atoms with Crippen molar-refractivity contribution < 1.29 is 23.4 Å². The Morgan fingerprint density at radius 1 is 1.33 bits per heavy atom. The van der Waals surface area contributed by atoms with E-state index in [4.69, 9.17) is 5.11 Å². The van der Waals surface area contributed by atoms with Crippen LogP contribution in [0.2, 0.25) is 0 Å². The molecule has 0 aliphatic rings. The van der Waals surface area contributed by atoms with E-state index in [2.05, 4.69) is 4.72 Å². The van der Waals surface area contributed by atoms with Gasteiger partial charge >= 0.3 is 5.97 Å². The highest BCUT2D eigenvalue weighted by Gasteiger charge is 2.23. The SMILES string of the molecule is CCCC(CC)NS(=O)(=O)c1cc(C(=O)O)c(O)cc1C. The predicted octanol–water partition coefficient (Wildman–Crippen LogP) is 2.26. The molecule has 0 radical (unpaired) electrons. The minimum Gasteiger partial charge on any atom is -0.507 e. The van der Waals surface area contributed by atoms with Gasteiger partial charge in [-0.05, 0) is 37.5 Å². The van der Waals surface area contributed by atoms with Crippen molar-refractivity contribution in [1.82, 2.24) is 4.72 Å². The molecule has 0 fully saturated rings. The van der Waals surface area contributed by atoms with Gasteiger partial charge in [-0.25, -0.2) is 17.9 Å². The lowest BCUT2D eigenvalue weighted by molar-refractivity contribution is 0.0693. The van der Waals surface area contributed by atoms with E-state index in [1.807, 2.05) is 13.8 Å². The third kappa shape index (κ3) is 4.18. The second kappa shape index (κ2) is 6.91. The Bertz CT molecular complexity index is 624. The molecule has 0 amide bonds. The average molecular weight is 315 g/mol. The number of nitrogens with one attached hydrogen (secondary N) is 1. The molecular weight excluding hydrogens is 294 g/mol. The molecule has 0 saturated carbocycles. The van der Waals surface area contributed by atoms with Gasteiger partial charge in [0, 0.05) is 6.04 Å². The van der Waals surface area contributed by atoms with Crippen molar-refractivity contribution in [3.8, 4) is 5.75 Å². The molecule has 1 aromatic carbocycles. The maximum atomic E-state index is 12.4. The number of aromatic carboxylic acids is 1. The molecule has 7 heteroatoms. The van der Waals surface area contributed by atoms with Crippen LogP contribution in [0.5, 0.6) is 5.75 Å². The topological polar surface area (TPSA) is 104 Å². The van der Waals surface area contributed by atoms with Crippen LogP contribution < -0.4 is 4.72 Å². The summed E-state index contributed by atoms with van der Waals surface area (Å²) in [7, 11) is -3.82. The summed E-state index contributed by atoms with van der Waals surface area (Å²) in [6, 6.07) is 1.95. The number of sulfonamides is 1. The van der Waals surface area contributed by atoms with E-state index >= 15 is 0 Å². The number of carboxylic acid groups (broad SMARTS) is 1. The Kier molecular flexibility index (Phi) is 5.74. The molecule has 6 nitrogen and oxygen atoms in total. The number of phenols is 1. The fraction of sp³-hybridized carbons (Fsp3) is 0.500. The van der Waals surface area contributed by atoms with Crippen LogP contribution in [0.25, 0.3) is 0 Å². The Balaban J connectivity index is 3.25. The van der Waals surface area contributed by atoms with E-state index in [1.165, 1.54) is 6.92 Å². The molecule has 0 spiro atoms. The molecular formula is C14H21NO5S. The summed E-state index contributed by atoms with van der Waals surface area (Å²) >= 11 is 0. The number of aromatic hydroxyl groups is 1. The van der Waals surface area contributed by atoms with Crippen LogP contribution in [0.1, 0.15) is 49.0 Å². The van der Waals surface area contributed by atoms with Crippen molar-refractivity contribution in [2.45, 2.75) is 51.0 Å². The number of carbonyl (C=O) groups is 1. The van der Waals surface area contributed by atoms with Crippen molar-refractivity contribution >= 4 is 16.0 Å². The monoisotopic (exact) mass is 315 g/mol. The van der Waals surface area contributed by atoms with E-state index in [1.54, 1.807) is 0 Å². The number of hydrogen-bond donors (Lipinski definition) is 3. The molecule has 1 atom stereocenters. The molecule has 1 unspecified atom stereocenters. The molecule has 0 aliphatic heterocycles. The zero-order valence-electron chi connectivity index (χ0n) is 12.4. The maximum absolute atomic E-state index is 12.4. The molecule has 0 aromatic heterocycles. The van der Waals surface area contributed by atoms with Crippen molar-refractivity contribution in [1.29, 1.82) is 0 Å². The Labute approximate surface area is 124 Å². The first-order chi connectivity index (χ1) is 9.72. The summed E-state index contributed by atoms with van der Waals surface area (Å²) in [5, 5.41) is 18.6. The molecule has 1 aromatic rings. The summed E-state index contributed by atoms with van der Waals surface area (Å²) in [4.78, 5) is 10.9. The fourth-order valence-corrected chi connectivity index (χ4v) is 3.72. The lowest BCUT2D eigenvalue weighted by Gasteiger charge is -2.17. The number of benzene rings is 1. The predicted molar refractivity (Wildman–Crippen MR) is 79.1 cm³/mol. The summed E-state index contributed by atoms with van der Waals surface area (Å²) < 4.78 is 27.4. The highest BCUT2D eigenvalue weighted by molar-refractivity contribution is 7.89.